The maximum atomic E-state index is 5.51. The summed E-state index contributed by atoms with van der Waals surface area (Å²) in [5, 5.41) is 4.90. The van der Waals surface area contributed by atoms with E-state index < -0.39 is 0 Å². The van der Waals surface area contributed by atoms with E-state index in [2.05, 4.69) is 41.3 Å². The van der Waals surface area contributed by atoms with Crippen molar-refractivity contribution in [2.75, 3.05) is 27.3 Å². The van der Waals surface area contributed by atoms with E-state index in [9.17, 15) is 0 Å². The first-order chi connectivity index (χ1) is 15.7. The molecule has 3 heterocycles. The van der Waals surface area contributed by atoms with Crippen LogP contribution in [-0.2, 0) is 6.54 Å². The van der Waals surface area contributed by atoms with Gasteiger partial charge in [0.05, 0.1) is 25.6 Å². The average molecular weight is 429 g/mol. The Bertz CT molecular complexity index is 1240. The SMILES string of the molecule is COc1ccc(-c2c(C)nn3c([C@@H]4CCN(Cc5ccccc5)C4)ccnc23)cc1OC. The zero-order chi connectivity index (χ0) is 22.1. The van der Waals surface area contributed by atoms with Crippen LogP contribution in [0.1, 0.15) is 29.3 Å². The van der Waals surface area contributed by atoms with Crippen LogP contribution in [0.15, 0.2) is 60.8 Å². The normalized spacial score (nSPS) is 16.5. The number of aryl methyl sites for hydroxylation is 1. The lowest BCUT2D eigenvalue weighted by Gasteiger charge is -2.16. The summed E-state index contributed by atoms with van der Waals surface area (Å²) >= 11 is 0. The van der Waals surface area contributed by atoms with Gasteiger partial charge in [0.25, 0.3) is 0 Å². The van der Waals surface area contributed by atoms with Crippen LogP contribution in [0.5, 0.6) is 11.5 Å². The van der Waals surface area contributed by atoms with Crippen LogP contribution in [0.2, 0.25) is 0 Å². The molecular formula is C26H28N4O2. The van der Waals surface area contributed by atoms with Crippen molar-refractivity contribution >= 4 is 5.65 Å². The van der Waals surface area contributed by atoms with Gasteiger partial charge in [-0.3, -0.25) is 4.90 Å². The number of hydrogen-bond acceptors (Lipinski definition) is 5. The second kappa shape index (κ2) is 8.63. The lowest BCUT2D eigenvalue weighted by molar-refractivity contribution is 0.326. The number of likely N-dealkylation sites (tertiary alicyclic amines) is 1. The number of aromatic nitrogens is 3. The summed E-state index contributed by atoms with van der Waals surface area (Å²) < 4.78 is 13.0. The van der Waals surface area contributed by atoms with Crippen molar-refractivity contribution in [2.45, 2.75) is 25.8 Å². The highest BCUT2D eigenvalue weighted by atomic mass is 16.5. The molecule has 32 heavy (non-hydrogen) atoms. The number of fused-ring (bicyclic) bond motifs is 1. The quantitative estimate of drug-likeness (QED) is 0.445. The fourth-order valence-electron chi connectivity index (χ4n) is 4.77. The fraction of sp³-hybridized carbons (Fsp3) is 0.308. The minimum atomic E-state index is 0.432. The molecule has 1 aliphatic heterocycles. The summed E-state index contributed by atoms with van der Waals surface area (Å²) in [6.07, 6.45) is 3.03. The predicted octanol–water partition coefficient (Wildman–Crippen LogP) is 4.71. The Balaban J connectivity index is 1.47. The molecule has 0 unspecified atom stereocenters. The molecule has 0 saturated carbocycles. The third-order valence-corrected chi connectivity index (χ3v) is 6.33. The van der Waals surface area contributed by atoms with Crippen LogP contribution in [-0.4, -0.2) is 46.8 Å². The molecule has 1 saturated heterocycles. The largest absolute Gasteiger partial charge is 0.493 e. The topological polar surface area (TPSA) is 51.9 Å². The van der Waals surface area contributed by atoms with Crippen molar-refractivity contribution < 1.29 is 9.47 Å². The molecule has 1 atom stereocenters. The standard InChI is InChI=1S/C26H28N4O2/c1-18-25(20-9-10-23(31-2)24(15-20)32-3)26-27-13-11-22(30(26)28-18)21-12-14-29(17-21)16-19-7-5-4-6-8-19/h4-11,13,15,21H,12,14,16-17H2,1-3H3/t21-/m1/s1. The second-order valence-electron chi connectivity index (χ2n) is 8.34. The van der Waals surface area contributed by atoms with Crippen molar-refractivity contribution in [3.63, 3.8) is 0 Å². The molecule has 6 nitrogen and oxygen atoms in total. The summed E-state index contributed by atoms with van der Waals surface area (Å²) in [4.78, 5) is 7.24. The maximum absolute atomic E-state index is 5.51. The maximum Gasteiger partial charge on any atom is 0.163 e. The summed E-state index contributed by atoms with van der Waals surface area (Å²) in [6.45, 7) is 5.15. The van der Waals surface area contributed by atoms with Crippen LogP contribution in [0, 0.1) is 6.92 Å². The van der Waals surface area contributed by atoms with E-state index in [-0.39, 0.29) is 0 Å². The number of nitrogens with zero attached hydrogens (tertiary/aromatic N) is 4. The molecule has 0 N–H and O–H groups in total. The van der Waals surface area contributed by atoms with Gasteiger partial charge < -0.3 is 9.47 Å². The molecule has 2 aromatic heterocycles. The molecule has 5 rings (SSSR count). The second-order valence-corrected chi connectivity index (χ2v) is 8.34. The van der Waals surface area contributed by atoms with E-state index in [1.54, 1.807) is 14.2 Å². The summed E-state index contributed by atoms with van der Waals surface area (Å²) in [7, 11) is 3.30. The van der Waals surface area contributed by atoms with Gasteiger partial charge in [-0.1, -0.05) is 36.4 Å². The Morgan fingerprint density at radius 1 is 1.00 bits per heavy atom. The fourth-order valence-corrected chi connectivity index (χ4v) is 4.77. The van der Waals surface area contributed by atoms with Crippen molar-refractivity contribution in [3.05, 3.63) is 77.7 Å². The third-order valence-electron chi connectivity index (χ3n) is 6.33. The van der Waals surface area contributed by atoms with Gasteiger partial charge >= 0.3 is 0 Å². The van der Waals surface area contributed by atoms with Gasteiger partial charge in [0.15, 0.2) is 17.1 Å². The molecule has 6 heteroatoms. The molecule has 0 amide bonds. The molecule has 1 aliphatic rings. The Morgan fingerprint density at radius 2 is 1.81 bits per heavy atom. The van der Waals surface area contributed by atoms with Gasteiger partial charge in [-0.05, 0) is 49.2 Å². The van der Waals surface area contributed by atoms with Gasteiger partial charge in [-0.25, -0.2) is 9.50 Å². The summed E-state index contributed by atoms with van der Waals surface area (Å²) in [6, 6.07) is 18.8. The minimum Gasteiger partial charge on any atom is -0.493 e. The Kier molecular flexibility index (Phi) is 5.53. The predicted molar refractivity (Wildman–Crippen MR) is 125 cm³/mol. The Morgan fingerprint density at radius 3 is 2.59 bits per heavy atom. The number of benzene rings is 2. The van der Waals surface area contributed by atoms with Crippen molar-refractivity contribution in [3.8, 4) is 22.6 Å². The molecule has 1 fully saturated rings. The smallest absolute Gasteiger partial charge is 0.163 e. The number of methoxy groups -OCH3 is 2. The highest BCUT2D eigenvalue weighted by molar-refractivity contribution is 5.81. The Hall–Kier alpha value is -3.38. The van der Waals surface area contributed by atoms with Crippen LogP contribution < -0.4 is 9.47 Å². The van der Waals surface area contributed by atoms with Gasteiger partial charge in [0.1, 0.15) is 0 Å². The molecule has 0 radical (unpaired) electrons. The van der Waals surface area contributed by atoms with E-state index in [1.807, 2.05) is 35.8 Å². The first-order valence-electron chi connectivity index (χ1n) is 11.0. The average Bonchev–Trinajstić information content (AvgIpc) is 3.42. The van der Waals surface area contributed by atoms with E-state index in [1.165, 1.54) is 11.3 Å². The van der Waals surface area contributed by atoms with Gasteiger partial charge in [-0.2, -0.15) is 5.10 Å². The van der Waals surface area contributed by atoms with E-state index in [4.69, 9.17) is 19.6 Å². The molecule has 0 aliphatic carbocycles. The third kappa shape index (κ3) is 3.71. The zero-order valence-corrected chi connectivity index (χ0v) is 18.8. The summed E-state index contributed by atoms with van der Waals surface area (Å²) in [5.74, 6) is 1.84. The molecular weight excluding hydrogens is 400 g/mol. The number of rotatable bonds is 6. The van der Waals surface area contributed by atoms with Crippen molar-refractivity contribution in [1.29, 1.82) is 0 Å². The minimum absolute atomic E-state index is 0.432. The molecule has 4 aromatic rings. The lowest BCUT2D eigenvalue weighted by atomic mass is 10.0. The van der Waals surface area contributed by atoms with Gasteiger partial charge in [0.2, 0.25) is 0 Å². The zero-order valence-electron chi connectivity index (χ0n) is 18.8. The van der Waals surface area contributed by atoms with E-state index in [0.29, 0.717) is 17.4 Å². The highest BCUT2D eigenvalue weighted by Gasteiger charge is 2.27. The van der Waals surface area contributed by atoms with Crippen LogP contribution in [0.4, 0.5) is 0 Å². The molecule has 0 spiro atoms. The molecule has 2 aromatic carbocycles. The van der Waals surface area contributed by atoms with Crippen LogP contribution in [0.3, 0.4) is 0 Å². The van der Waals surface area contributed by atoms with Gasteiger partial charge in [-0.15, -0.1) is 0 Å². The summed E-state index contributed by atoms with van der Waals surface area (Å²) in [5.41, 5.74) is 6.48. The van der Waals surface area contributed by atoms with Crippen LogP contribution >= 0.6 is 0 Å². The monoisotopic (exact) mass is 428 g/mol. The Labute approximate surface area is 188 Å². The highest BCUT2D eigenvalue weighted by Crippen LogP contribution is 2.36. The first kappa shape index (κ1) is 20.5. The van der Waals surface area contributed by atoms with Crippen molar-refractivity contribution in [1.82, 2.24) is 19.5 Å². The van der Waals surface area contributed by atoms with Crippen LogP contribution in [0.25, 0.3) is 16.8 Å². The number of ether oxygens (including phenoxy) is 2. The number of hydrogen-bond donors (Lipinski definition) is 0. The van der Waals surface area contributed by atoms with Crippen molar-refractivity contribution in [2.24, 2.45) is 0 Å². The first-order valence-corrected chi connectivity index (χ1v) is 11.0. The van der Waals surface area contributed by atoms with E-state index in [0.717, 1.165) is 48.5 Å². The molecule has 0 bridgehead atoms. The molecule has 164 valence electrons. The van der Waals surface area contributed by atoms with Gasteiger partial charge in [0, 0.05) is 30.8 Å². The lowest BCUT2D eigenvalue weighted by Crippen LogP contribution is -2.20. The van der Waals surface area contributed by atoms with E-state index >= 15 is 0 Å².